The monoisotopic (exact) mass is 178 g/mol. The zero-order valence-corrected chi connectivity index (χ0v) is 7.48. The Bertz CT molecular complexity index is 292. The maximum atomic E-state index is 9.74. The van der Waals surface area contributed by atoms with Gasteiger partial charge in [-0.3, -0.25) is 0 Å². The first kappa shape index (κ1) is 8.57. The molecule has 1 aliphatic rings. The molecular weight excluding hydrogens is 164 g/mol. The molecule has 0 radical (unpaired) electrons. The van der Waals surface area contributed by atoms with Crippen molar-refractivity contribution in [2.24, 2.45) is 5.92 Å². The summed E-state index contributed by atoms with van der Waals surface area (Å²) in [5, 5.41) is 18.9. The second-order valence-electron chi connectivity index (χ2n) is 3.79. The van der Waals surface area contributed by atoms with E-state index in [1.54, 1.807) is 18.2 Å². The molecule has 2 N–H and O–H groups in total. The molecule has 0 amide bonds. The van der Waals surface area contributed by atoms with Crippen LogP contribution >= 0.6 is 0 Å². The van der Waals surface area contributed by atoms with Crippen LogP contribution < -0.4 is 0 Å². The zero-order chi connectivity index (χ0) is 9.26. The Morgan fingerprint density at radius 3 is 2.77 bits per heavy atom. The van der Waals surface area contributed by atoms with Gasteiger partial charge in [-0.25, -0.2) is 0 Å². The van der Waals surface area contributed by atoms with Gasteiger partial charge in [-0.2, -0.15) is 0 Å². The largest absolute Gasteiger partial charge is 0.508 e. The van der Waals surface area contributed by atoms with E-state index in [9.17, 15) is 10.2 Å². The summed E-state index contributed by atoms with van der Waals surface area (Å²) in [6.45, 7) is 0. The molecule has 0 aliphatic heterocycles. The third-order valence-electron chi connectivity index (χ3n) is 2.51. The van der Waals surface area contributed by atoms with E-state index in [-0.39, 0.29) is 5.75 Å². The number of hydrogen-bond acceptors (Lipinski definition) is 2. The first-order chi connectivity index (χ1) is 6.25. The number of aliphatic hydroxyl groups excluding tert-OH is 1. The molecule has 0 heterocycles. The Morgan fingerprint density at radius 1 is 1.38 bits per heavy atom. The molecule has 70 valence electrons. The van der Waals surface area contributed by atoms with Crippen LogP contribution in [0.15, 0.2) is 24.3 Å². The third kappa shape index (κ3) is 2.22. The Balaban J connectivity index is 2.04. The molecule has 0 unspecified atom stereocenters. The van der Waals surface area contributed by atoms with Crippen LogP contribution in [-0.4, -0.2) is 10.2 Å². The molecule has 0 saturated heterocycles. The molecule has 1 aliphatic carbocycles. The van der Waals surface area contributed by atoms with Crippen LogP contribution in [-0.2, 0) is 0 Å². The van der Waals surface area contributed by atoms with Crippen molar-refractivity contribution in [3.8, 4) is 5.75 Å². The van der Waals surface area contributed by atoms with Crippen LogP contribution in [0.3, 0.4) is 0 Å². The summed E-state index contributed by atoms with van der Waals surface area (Å²) in [4.78, 5) is 0. The van der Waals surface area contributed by atoms with Gasteiger partial charge in [0.1, 0.15) is 5.75 Å². The summed E-state index contributed by atoms with van der Waals surface area (Å²) in [5.74, 6) is 0.935. The molecule has 0 bridgehead atoms. The fourth-order valence-corrected chi connectivity index (χ4v) is 1.54. The van der Waals surface area contributed by atoms with Gasteiger partial charge in [0.2, 0.25) is 0 Å². The maximum absolute atomic E-state index is 9.74. The van der Waals surface area contributed by atoms with Gasteiger partial charge in [0.25, 0.3) is 0 Å². The molecular formula is C11H14O2. The van der Waals surface area contributed by atoms with Gasteiger partial charge in [0.05, 0.1) is 6.10 Å². The van der Waals surface area contributed by atoms with Gasteiger partial charge in [0.15, 0.2) is 0 Å². The van der Waals surface area contributed by atoms with Gasteiger partial charge in [0, 0.05) is 0 Å². The lowest BCUT2D eigenvalue weighted by molar-refractivity contribution is 0.160. The number of aliphatic hydroxyl groups is 1. The van der Waals surface area contributed by atoms with E-state index in [2.05, 4.69) is 0 Å². The van der Waals surface area contributed by atoms with Crippen molar-refractivity contribution in [3.05, 3.63) is 29.8 Å². The molecule has 1 aromatic carbocycles. The molecule has 0 aromatic heterocycles. The Morgan fingerprint density at radius 2 is 2.15 bits per heavy atom. The van der Waals surface area contributed by atoms with E-state index in [0.717, 1.165) is 12.0 Å². The van der Waals surface area contributed by atoms with Crippen LogP contribution in [0, 0.1) is 5.92 Å². The number of phenols is 1. The highest BCUT2D eigenvalue weighted by molar-refractivity contribution is 5.28. The first-order valence-electron chi connectivity index (χ1n) is 4.72. The number of phenolic OH excluding ortho intramolecular Hbond substituents is 1. The molecule has 13 heavy (non-hydrogen) atoms. The van der Waals surface area contributed by atoms with Crippen molar-refractivity contribution in [3.63, 3.8) is 0 Å². The standard InChI is InChI=1S/C11H14O2/c12-10-3-1-2-9(7-10)11(13)6-8-4-5-8/h1-3,7-8,11-13H,4-6H2/t11-/m1/s1. The van der Waals surface area contributed by atoms with Crippen molar-refractivity contribution in [1.82, 2.24) is 0 Å². The van der Waals surface area contributed by atoms with Crippen LogP contribution in [0.2, 0.25) is 0 Å². The van der Waals surface area contributed by atoms with Crippen molar-refractivity contribution < 1.29 is 10.2 Å². The lowest BCUT2D eigenvalue weighted by Crippen LogP contribution is -1.97. The van der Waals surface area contributed by atoms with E-state index in [4.69, 9.17) is 0 Å². The minimum atomic E-state index is -0.403. The Hall–Kier alpha value is -1.02. The summed E-state index contributed by atoms with van der Waals surface area (Å²) < 4.78 is 0. The minimum absolute atomic E-state index is 0.229. The van der Waals surface area contributed by atoms with Crippen LogP contribution in [0.25, 0.3) is 0 Å². The summed E-state index contributed by atoms with van der Waals surface area (Å²) >= 11 is 0. The van der Waals surface area contributed by atoms with E-state index in [0.29, 0.717) is 5.92 Å². The summed E-state index contributed by atoms with van der Waals surface area (Å²) in [7, 11) is 0. The molecule has 2 rings (SSSR count). The smallest absolute Gasteiger partial charge is 0.115 e. The van der Waals surface area contributed by atoms with E-state index in [1.165, 1.54) is 12.8 Å². The lowest BCUT2D eigenvalue weighted by atomic mass is 10.0. The predicted molar refractivity (Wildman–Crippen MR) is 50.4 cm³/mol. The van der Waals surface area contributed by atoms with Gasteiger partial charge in [-0.05, 0) is 30.0 Å². The SMILES string of the molecule is Oc1cccc([C@H](O)CC2CC2)c1. The highest BCUT2D eigenvalue weighted by Gasteiger charge is 2.25. The number of aromatic hydroxyl groups is 1. The number of rotatable bonds is 3. The predicted octanol–water partition coefficient (Wildman–Crippen LogP) is 2.23. The molecule has 0 spiro atoms. The third-order valence-corrected chi connectivity index (χ3v) is 2.51. The second-order valence-corrected chi connectivity index (χ2v) is 3.79. The van der Waals surface area contributed by atoms with E-state index < -0.39 is 6.10 Å². The molecule has 2 heteroatoms. The van der Waals surface area contributed by atoms with E-state index >= 15 is 0 Å². The molecule has 1 saturated carbocycles. The highest BCUT2D eigenvalue weighted by atomic mass is 16.3. The fourth-order valence-electron chi connectivity index (χ4n) is 1.54. The fraction of sp³-hybridized carbons (Fsp3) is 0.455. The average Bonchev–Trinajstić information content (AvgIpc) is 2.88. The quantitative estimate of drug-likeness (QED) is 0.745. The van der Waals surface area contributed by atoms with Crippen molar-refractivity contribution >= 4 is 0 Å². The Labute approximate surface area is 77.8 Å². The zero-order valence-electron chi connectivity index (χ0n) is 7.48. The molecule has 1 aromatic rings. The molecule has 1 fully saturated rings. The van der Waals surface area contributed by atoms with E-state index in [1.807, 2.05) is 6.07 Å². The van der Waals surface area contributed by atoms with Crippen molar-refractivity contribution in [1.29, 1.82) is 0 Å². The van der Waals surface area contributed by atoms with Crippen molar-refractivity contribution in [2.45, 2.75) is 25.4 Å². The number of hydrogen-bond donors (Lipinski definition) is 2. The lowest BCUT2D eigenvalue weighted by Gasteiger charge is -2.09. The summed E-state index contributed by atoms with van der Waals surface area (Å²) in [5.41, 5.74) is 0.826. The molecule has 1 atom stereocenters. The van der Waals surface area contributed by atoms with Gasteiger partial charge in [-0.1, -0.05) is 25.0 Å². The van der Waals surface area contributed by atoms with Gasteiger partial charge < -0.3 is 10.2 Å². The number of benzene rings is 1. The topological polar surface area (TPSA) is 40.5 Å². The summed E-state index contributed by atoms with van der Waals surface area (Å²) in [6.07, 6.45) is 2.93. The first-order valence-corrected chi connectivity index (χ1v) is 4.72. The highest BCUT2D eigenvalue weighted by Crippen LogP contribution is 2.37. The second kappa shape index (κ2) is 3.38. The average molecular weight is 178 g/mol. The maximum Gasteiger partial charge on any atom is 0.115 e. The summed E-state index contributed by atoms with van der Waals surface area (Å²) in [6, 6.07) is 6.87. The van der Waals surface area contributed by atoms with Crippen LogP contribution in [0.5, 0.6) is 5.75 Å². The van der Waals surface area contributed by atoms with Gasteiger partial charge >= 0.3 is 0 Å². The van der Waals surface area contributed by atoms with Crippen LogP contribution in [0.1, 0.15) is 30.9 Å². The van der Waals surface area contributed by atoms with Gasteiger partial charge in [-0.15, -0.1) is 0 Å². The minimum Gasteiger partial charge on any atom is -0.508 e. The molecule has 2 nitrogen and oxygen atoms in total. The van der Waals surface area contributed by atoms with Crippen LogP contribution in [0.4, 0.5) is 0 Å². The normalized spacial score (nSPS) is 18.5. The van der Waals surface area contributed by atoms with Crippen molar-refractivity contribution in [2.75, 3.05) is 0 Å². The Kier molecular flexibility index (Phi) is 2.23.